The number of carboxylic acids is 1. The summed E-state index contributed by atoms with van der Waals surface area (Å²) in [5.41, 5.74) is 0.996. The van der Waals surface area contributed by atoms with Crippen LogP contribution in [0.15, 0.2) is 16.6 Å². The molecule has 0 saturated heterocycles. The number of aliphatic carboxylic acids is 1. The van der Waals surface area contributed by atoms with Crippen molar-refractivity contribution in [1.82, 2.24) is 4.90 Å². The summed E-state index contributed by atoms with van der Waals surface area (Å²) in [6, 6.07) is 1.96. The SMILES string of the molecule is CCC(C)N(CC(=O)O)C(=O)Nc1cc(F)c(Br)cc1C. The molecule has 0 aliphatic rings. The molecule has 2 amide bonds. The van der Waals surface area contributed by atoms with E-state index in [0.717, 1.165) is 0 Å². The van der Waals surface area contributed by atoms with Gasteiger partial charge in [-0.05, 0) is 53.9 Å². The van der Waals surface area contributed by atoms with E-state index in [1.807, 2.05) is 6.92 Å². The van der Waals surface area contributed by atoms with E-state index in [2.05, 4.69) is 21.2 Å². The average molecular weight is 361 g/mol. The molecule has 0 saturated carbocycles. The van der Waals surface area contributed by atoms with Crippen molar-refractivity contribution in [1.29, 1.82) is 0 Å². The molecule has 0 radical (unpaired) electrons. The van der Waals surface area contributed by atoms with Gasteiger partial charge in [0.05, 0.1) is 4.47 Å². The third kappa shape index (κ3) is 4.70. The van der Waals surface area contributed by atoms with Gasteiger partial charge in [-0.1, -0.05) is 6.92 Å². The number of hydrogen-bond donors (Lipinski definition) is 2. The lowest BCUT2D eigenvalue weighted by Crippen LogP contribution is -2.44. The third-order valence-corrected chi connectivity index (χ3v) is 3.81. The zero-order chi connectivity index (χ0) is 16.2. The maximum atomic E-state index is 13.5. The first-order valence-corrected chi connectivity index (χ1v) is 7.30. The number of urea groups is 1. The van der Waals surface area contributed by atoms with Crippen LogP contribution in [-0.4, -0.2) is 34.6 Å². The second-order valence-electron chi connectivity index (χ2n) is 4.79. The van der Waals surface area contributed by atoms with Gasteiger partial charge in [-0.25, -0.2) is 9.18 Å². The van der Waals surface area contributed by atoms with Gasteiger partial charge in [0.15, 0.2) is 0 Å². The molecule has 1 unspecified atom stereocenters. The van der Waals surface area contributed by atoms with Gasteiger partial charge in [0.1, 0.15) is 12.4 Å². The summed E-state index contributed by atoms with van der Waals surface area (Å²) < 4.78 is 13.8. The maximum Gasteiger partial charge on any atom is 0.323 e. The lowest BCUT2D eigenvalue weighted by Gasteiger charge is -2.27. The molecule has 1 rings (SSSR count). The van der Waals surface area contributed by atoms with Gasteiger partial charge in [-0.2, -0.15) is 0 Å². The van der Waals surface area contributed by atoms with Crippen molar-refractivity contribution in [2.75, 3.05) is 11.9 Å². The van der Waals surface area contributed by atoms with Crippen molar-refractivity contribution in [3.05, 3.63) is 28.0 Å². The average Bonchev–Trinajstić information content (AvgIpc) is 2.41. The number of amides is 2. The minimum Gasteiger partial charge on any atom is -0.480 e. The van der Waals surface area contributed by atoms with Crippen molar-refractivity contribution in [3.8, 4) is 0 Å². The van der Waals surface area contributed by atoms with Crippen molar-refractivity contribution < 1.29 is 19.1 Å². The summed E-state index contributed by atoms with van der Waals surface area (Å²) in [4.78, 5) is 24.3. The Kier molecular flexibility index (Phi) is 6.14. The van der Waals surface area contributed by atoms with Crippen molar-refractivity contribution in [3.63, 3.8) is 0 Å². The highest BCUT2D eigenvalue weighted by molar-refractivity contribution is 9.10. The van der Waals surface area contributed by atoms with Crippen LogP contribution in [-0.2, 0) is 4.79 Å². The molecule has 0 fully saturated rings. The lowest BCUT2D eigenvalue weighted by atomic mass is 10.2. The van der Waals surface area contributed by atoms with E-state index in [1.54, 1.807) is 19.9 Å². The number of benzene rings is 1. The van der Waals surface area contributed by atoms with E-state index in [-0.39, 0.29) is 6.04 Å². The molecule has 0 heterocycles. The zero-order valence-electron chi connectivity index (χ0n) is 12.1. The quantitative estimate of drug-likeness (QED) is 0.842. The Morgan fingerprint density at radius 2 is 2.10 bits per heavy atom. The molecule has 1 atom stereocenters. The van der Waals surface area contributed by atoms with Crippen LogP contribution in [0.5, 0.6) is 0 Å². The summed E-state index contributed by atoms with van der Waals surface area (Å²) in [6.07, 6.45) is 0.619. The molecule has 1 aromatic rings. The molecular weight excluding hydrogens is 343 g/mol. The smallest absolute Gasteiger partial charge is 0.323 e. The Hall–Kier alpha value is -1.63. The second kappa shape index (κ2) is 7.40. The molecule has 0 aliphatic heterocycles. The van der Waals surface area contributed by atoms with Crippen LogP contribution >= 0.6 is 15.9 Å². The number of hydrogen-bond acceptors (Lipinski definition) is 2. The Labute approximate surface area is 131 Å². The Bertz CT molecular complexity index is 551. The summed E-state index contributed by atoms with van der Waals surface area (Å²) in [6.45, 7) is 4.94. The number of anilines is 1. The number of rotatable bonds is 5. The second-order valence-corrected chi connectivity index (χ2v) is 5.64. The molecule has 116 valence electrons. The zero-order valence-corrected chi connectivity index (χ0v) is 13.7. The highest BCUT2D eigenvalue weighted by atomic mass is 79.9. The molecule has 2 N–H and O–H groups in total. The number of nitrogens with one attached hydrogen (secondary N) is 1. The fraction of sp³-hybridized carbons (Fsp3) is 0.429. The summed E-state index contributed by atoms with van der Waals surface area (Å²) in [5, 5.41) is 11.5. The van der Waals surface area contributed by atoms with Gasteiger partial charge in [0.2, 0.25) is 0 Å². The van der Waals surface area contributed by atoms with Crippen LogP contribution < -0.4 is 5.32 Å². The summed E-state index contributed by atoms with van der Waals surface area (Å²) in [5.74, 6) is -1.59. The van der Waals surface area contributed by atoms with Gasteiger partial charge in [-0.15, -0.1) is 0 Å². The molecule has 0 bridgehead atoms. The van der Waals surface area contributed by atoms with Crippen molar-refractivity contribution >= 4 is 33.6 Å². The minimum absolute atomic E-state index is 0.235. The lowest BCUT2D eigenvalue weighted by molar-refractivity contribution is -0.138. The molecule has 0 spiro atoms. The highest BCUT2D eigenvalue weighted by Gasteiger charge is 2.22. The van der Waals surface area contributed by atoms with E-state index in [1.165, 1.54) is 11.0 Å². The molecule has 5 nitrogen and oxygen atoms in total. The van der Waals surface area contributed by atoms with Crippen LogP contribution in [0.4, 0.5) is 14.9 Å². The fourth-order valence-corrected chi connectivity index (χ4v) is 2.22. The van der Waals surface area contributed by atoms with Crippen LogP contribution in [0.1, 0.15) is 25.8 Å². The van der Waals surface area contributed by atoms with Crippen LogP contribution in [0.25, 0.3) is 0 Å². The first-order valence-electron chi connectivity index (χ1n) is 6.51. The van der Waals surface area contributed by atoms with Crippen molar-refractivity contribution in [2.45, 2.75) is 33.2 Å². The van der Waals surface area contributed by atoms with E-state index >= 15 is 0 Å². The standard InChI is InChI=1S/C14H18BrFN2O3/c1-4-9(3)18(7-13(19)20)14(21)17-12-6-11(16)10(15)5-8(12)2/h5-6,9H,4,7H2,1-3H3,(H,17,21)(H,19,20). The van der Waals surface area contributed by atoms with Gasteiger partial charge < -0.3 is 15.3 Å². The van der Waals surface area contributed by atoms with Gasteiger partial charge in [0, 0.05) is 11.7 Å². The van der Waals surface area contributed by atoms with Crippen LogP contribution in [0.3, 0.4) is 0 Å². The molecule has 0 aromatic heterocycles. The topological polar surface area (TPSA) is 69.6 Å². The van der Waals surface area contributed by atoms with Gasteiger partial charge >= 0.3 is 12.0 Å². The Balaban J connectivity index is 2.96. The third-order valence-electron chi connectivity index (χ3n) is 3.20. The maximum absolute atomic E-state index is 13.5. The minimum atomic E-state index is -1.09. The molecule has 0 aliphatic carbocycles. The number of carbonyl (C=O) groups is 2. The fourth-order valence-electron chi connectivity index (χ4n) is 1.76. The van der Waals surface area contributed by atoms with Gasteiger partial charge in [0.25, 0.3) is 0 Å². The van der Waals surface area contributed by atoms with Crippen LogP contribution in [0.2, 0.25) is 0 Å². The number of nitrogens with zero attached hydrogens (tertiary/aromatic N) is 1. The summed E-state index contributed by atoms with van der Waals surface area (Å²) in [7, 11) is 0. The largest absolute Gasteiger partial charge is 0.480 e. The van der Waals surface area contributed by atoms with E-state index < -0.39 is 24.4 Å². The van der Waals surface area contributed by atoms with Crippen molar-refractivity contribution in [2.24, 2.45) is 0 Å². The number of carbonyl (C=O) groups excluding carboxylic acids is 1. The molecule has 1 aromatic carbocycles. The monoisotopic (exact) mass is 360 g/mol. The first kappa shape index (κ1) is 17.4. The first-order chi connectivity index (χ1) is 9.76. The molecular formula is C14H18BrFN2O3. The normalized spacial score (nSPS) is 11.9. The number of halogens is 2. The molecule has 21 heavy (non-hydrogen) atoms. The molecule has 7 heteroatoms. The number of aryl methyl sites for hydroxylation is 1. The highest BCUT2D eigenvalue weighted by Crippen LogP contribution is 2.24. The van der Waals surface area contributed by atoms with E-state index in [9.17, 15) is 14.0 Å². The van der Waals surface area contributed by atoms with E-state index in [0.29, 0.717) is 22.1 Å². The van der Waals surface area contributed by atoms with E-state index in [4.69, 9.17) is 5.11 Å². The van der Waals surface area contributed by atoms with Crippen LogP contribution in [0, 0.1) is 12.7 Å². The Morgan fingerprint density at radius 3 is 2.62 bits per heavy atom. The Morgan fingerprint density at radius 1 is 1.48 bits per heavy atom. The van der Waals surface area contributed by atoms with Gasteiger partial charge in [-0.3, -0.25) is 4.79 Å². The predicted octanol–water partition coefficient (Wildman–Crippen LogP) is 3.61. The number of carboxylic acid groups (broad SMARTS) is 1. The predicted molar refractivity (Wildman–Crippen MR) is 82.0 cm³/mol. The summed E-state index contributed by atoms with van der Waals surface area (Å²) >= 11 is 3.07.